The van der Waals surface area contributed by atoms with E-state index in [1.165, 1.54) is 0 Å². The van der Waals surface area contributed by atoms with Crippen molar-refractivity contribution in [2.45, 2.75) is 12.8 Å². The molecule has 0 unspecified atom stereocenters. The van der Waals surface area contributed by atoms with Crippen LogP contribution in [0.5, 0.6) is 0 Å². The van der Waals surface area contributed by atoms with Gasteiger partial charge in [-0.3, -0.25) is 4.18 Å². The molecule has 0 amide bonds. The van der Waals surface area contributed by atoms with Crippen LogP contribution in [0.2, 0.25) is 0 Å². The Balaban J connectivity index is 3.23. The minimum atomic E-state index is -3.24. The predicted octanol–water partition coefficient (Wildman–Crippen LogP) is 0.304. The van der Waals surface area contributed by atoms with Crippen molar-refractivity contribution in [3.8, 4) is 0 Å². The Morgan fingerprint density at radius 1 is 1.25 bits per heavy atom. The van der Waals surface area contributed by atoms with Gasteiger partial charge in [0.15, 0.2) is 0 Å². The van der Waals surface area contributed by atoms with E-state index in [0.29, 0.717) is 6.61 Å². The second-order valence-electron chi connectivity index (χ2n) is 3.04. The molecule has 0 aromatic heterocycles. The molecule has 0 aliphatic rings. The van der Waals surface area contributed by atoms with Crippen molar-refractivity contribution >= 4 is 10.1 Å². The van der Waals surface area contributed by atoms with Crippen LogP contribution < -0.4 is 0 Å². The molecule has 4 nitrogen and oxygen atoms in total. The van der Waals surface area contributed by atoms with Gasteiger partial charge in [0.1, 0.15) is 0 Å². The normalized spacial score (nSPS) is 12.3. The molecule has 0 aromatic carbocycles. The summed E-state index contributed by atoms with van der Waals surface area (Å²) in [6.07, 6.45) is 2.81. The van der Waals surface area contributed by atoms with Crippen molar-refractivity contribution in [3.63, 3.8) is 0 Å². The van der Waals surface area contributed by atoms with E-state index in [1.807, 2.05) is 14.1 Å². The zero-order chi connectivity index (χ0) is 9.61. The minimum Gasteiger partial charge on any atom is -0.309 e. The number of rotatable bonds is 6. The first kappa shape index (κ1) is 11.9. The molecule has 0 bridgehead atoms. The highest BCUT2D eigenvalue weighted by molar-refractivity contribution is 7.85. The molecule has 0 N–H and O–H groups in total. The smallest absolute Gasteiger partial charge is 0.264 e. The molecular weight excluding hydrogens is 178 g/mol. The van der Waals surface area contributed by atoms with E-state index in [4.69, 9.17) is 0 Å². The molecule has 74 valence electrons. The molecule has 12 heavy (non-hydrogen) atoms. The zero-order valence-electron chi connectivity index (χ0n) is 7.91. The van der Waals surface area contributed by atoms with Crippen molar-refractivity contribution in [2.75, 3.05) is 33.5 Å². The van der Waals surface area contributed by atoms with E-state index in [1.54, 1.807) is 0 Å². The molecule has 0 aliphatic carbocycles. The van der Waals surface area contributed by atoms with Gasteiger partial charge in [0.25, 0.3) is 10.1 Å². The van der Waals surface area contributed by atoms with Crippen molar-refractivity contribution < 1.29 is 12.6 Å². The van der Waals surface area contributed by atoms with Crippen LogP contribution in [-0.2, 0) is 14.3 Å². The number of nitrogens with zero attached hydrogens (tertiary/aromatic N) is 1. The Morgan fingerprint density at radius 2 is 1.83 bits per heavy atom. The van der Waals surface area contributed by atoms with E-state index in [9.17, 15) is 8.42 Å². The van der Waals surface area contributed by atoms with E-state index in [2.05, 4.69) is 9.08 Å². The first-order valence-electron chi connectivity index (χ1n) is 3.91. The summed E-state index contributed by atoms with van der Waals surface area (Å²) in [5.41, 5.74) is 0. The molecule has 5 heteroatoms. The molecule has 0 heterocycles. The summed E-state index contributed by atoms with van der Waals surface area (Å²) in [6.45, 7) is 1.26. The highest BCUT2D eigenvalue weighted by Crippen LogP contribution is 1.94. The highest BCUT2D eigenvalue weighted by atomic mass is 32.2. The third-order valence-electron chi connectivity index (χ3n) is 1.30. The summed E-state index contributed by atoms with van der Waals surface area (Å²) in [4.78, 5) is 2.06. The van der Waals surface area contributed by atoms with Gasteiger partial charge in [0, 0.05) is 0 Å². The lowest BCUT2D eigenvalue weighted by molar-refractivity contribution is 0.298. The Hall–Kier alpha value is -0.130. The van der Waals surface area contributed by atoms with Gasteiger partial charge in [0.2, 0.25) is 0 Å². The predicted molar refractivity (Wildman–Crippen MR) is 48.6 cm³/mol. The van der Waals surface area contributed by atoms with Gasteiger partial charge in [0.05, 0.1) is 12.9 Å². The van der Waals surface area contributed by atoms with Crippen LogP contribution in [0.15, 0.2) is 0 Å². The van der Waals surface area contributed by atoms with E-state index >= 15 is 0 Å². The van der Waals surface area contributed by atoms with Crippen LogP contribution in [0, 0.1) is 0 Å². The Bertz CT molecular complexity index is 199. The Kier molecular flexibility index (Phi) is 5.44. The van der Waals surface area contributed by atoms with Gasteiger partial charge in [-0.1, -0.05) is 0 Å². The van der Waals surface area contributed by atoms with Gasteiger partial charge in [-0.25, -0.2) is 0 Å². The Labute approximate surface area is 74.6 Å². The minimum absolute atomic E-state index is 0.298. The SMILES string of the molecule is CN(C)CCCCOS(C)(=O)=O. The third-order valence-corrected chi connectivity index (χ3v) is 1.89. The summed E-state index contributed by atoms with van der Waals surface area (Å²) in [5, 5.41) is 0. The summed E-state index contributed by atoms with van der Waals surface area (Å²) < 4.78 is 25.6. The van der Waals surface area contributed by atoms with E-state index in [-0.39, 0.29) is 0 Å². The molecule has 0 aliphatic heterocycles. The van der Waals surface area contributed by atoms with Gasteiger partial charge >= 0.3 is 0 Å². The van der Waals surface area contributed by atoms with Crippen LogP contribution in [0.1, 0.15) is 12.8 Å². The molecular formula is C7H17NO3S. The average molecular weight is 195 g/mol. The molecule has 0 fully saturated rings. The molecule has 0 atom stereocenters. The second kappa shape index (κ2) is 5.50. The fraction of sp³-hybridized carbons (Fsp3) is 1.00. The molecule has 0 aromatic rings. The summed E-state index contributed by atoms with van der Waals surface area (Å²) in [5.74, 6) is 0. The first-order chi connectivity index (χ1) is 5.42. The van der Waals surface area contributed by atoms with E-state index in [0.717, 1.165) is 25.6 Å². The average Bonchev–Trinajstić information content (AvgIpc) is 1.83. The fourth-order valence-corrected chi connectivity index (χ4v) is 1.16. The lowest BCUT2D eigenvalue weighted by Crippen LogP contribution is -2.14. The standard InChI is InChI=1S/C7H17NO3S/c1-8(2)6-4-5-7-11-12(3,9)10/h4-7H2,1-3H3. The summed E-state index contributed by atoms with van der Waals surface area (Å²) >= 11 is 0. The molecule has 0 radical (unpaired) electrons. The summed E-state index contributed by atoms with van der Waals surface area (Å²) in [7, 11) is 0.729. The van der Waals surface area contributed by atoms with Crippen LogP contribution in [-0.4, -0.2) is 46.8 Å². The highest BCUT2D eigenvalue weighted by Gasteiger charge is 2.00. The third kappa shape index (κ3) is 9.87. The Morgan fingerprint density at radius 3 is 2.25 bits per heavy atom. The molecule has 0 spiro atoms. The fourth-order valence-electron chi connectivity index (χ4n) is 0.740. The van der Waals surface area contributed by atoms with Crippen LogP contribution in [0.4, 0.5) is 0 Å². The van der Waals surface area contributed by atoms with Crippen LogP contribution in [0.3, 0.4) is 0 Å². The molecule has 0 rings (SSSR count). The van der Waals surface area contributed by atoms with Gasteiger partial charge in [-0.2, -0.15) is 8.42 Å². The summed E-state index contributed by atoms with van der Waals surface area (Å²) in [6, 6.07) is 0. The second-order valence-corrected chi connectivity index (χ2v) is 4.68. The quantitative estimate of drug-likeness (QED) is 0.452. The lowest BCUT2D eigenvalue weighted by Gasteiger charge is -2.08. The molecule has 0 saturated carbocycles. The van der Waals surface area contributed by atoms with Crippen molar-refractivity contribution in [2.24, 2.45) is 0 Å². The van der Waals surface area contributed by atoms with Gasteiger partial charge in [-0.05, 0) is 33.5 Å². The van der Waals surface area contributed by atoms with Crippen molar-refractivity contribution in [1.82, 2.24) is 4.90 Å². The van der Waals surface area contributed by atoms with Crippen molar-refractivity contribution in [1.29, 1.82) is 0 Å². The van der Waals surface area contributed by atoms with Gasteiger partial charge < -0.3 is 4.90 Å². The van der Waals surface area contributed by atoms with Crippen LogP contribution in [0.25, 0.3) is 0 Å². The maximum atomic E-state index is 10.5. The van der Waals surface area contributed by atoms with Crippen LogP contribution >= 0.6 is 0 Å². The monoisotopic (exact) mass is 195 g/mol. The maximum Gasteiger partial charge on any atom is 0.264 e. The van der Waals surface area contributed by atoms with Gasteiger partial charge in [-0.15, -0.1) is 0 Å². The van der Waals surface area contributed by atoms with Crippen molar-refractivity contribution in [3.05, 3.63) is 0 Å². The zero-order valence-corrected chi connectivity index (χ0v) is 8.73. The lowest BCUT2D eigenvalue weighted by atomic mass is 10.3. The molecule has 0 saturated heterocycles. The maximum absolute atomic E-state index is 10.5. The number of hydrogen-bond donors (Lipinski definition) is 0. The number of hydrogen-bond acceptors (Lipinski definition) is 4. The van der Waals surface area contributed by atoms with E-state index < -0.39 is 10.1 Å². The number of unbranched alkanes of at least 4 members (excludes halogenated alkanes) is 1. The first-order valence-corrected chi connectivity index (χ1v) is 5.72. The topological polar surface area (TPSA) is 46.6 Å². The largest absolute Gasteiger partial charge is 0.309 e.